The van der Waals surface area contributed by atoms with E-state index in [9.17, 15) is 4.79 Å². The molecule has 0 heterocycles. The van der Waals surface area contributed by atoms with E-state index in [4.69, 9.17) is 10.5 Å². The zero-order valence-corrected chi connectivity index (χ0v) is 14.7. The molecule has 3 N–H and O–H groups in total. The van der Waals surface area contributed by atoms with Crippen LogP contribution in [0.4, 0.5) is 0 Å². The second-order valence-electron chi connectivity index (χ2n) is 5.25. The third-order valence-corrected chi connectivity index (χ3v) is 3.96. The van der Waals surface area contributed by atoms with Crippen molar-refractivity contribution in [2.24, 2.45) is 5.73 Å². The molecular formula is C16H25BrN2O2. The Morgan fingerprint density at radius 1 is 1.33 bits per heavy atom. The summed E-state index contributed by atoms with van der Waals surface area (Å²) in [5.74, 6) is 0.558. The number of rotatable bonds is 7. The van der Waals surface area contributed by atoms with Crippen LogP contribution in [0.25, 0.3) is 0 Å². The fraction of sp³-hybridized carbons (Fsp3) is 0.562. The Morgan fingerprint density at radius 2 is 1.95 bits per heavy atom. The molecule has 2 atom stereocenters. The summed E-state index contributed by atoms with van der Waals surface area (Å²) in [6.45, 7) is 7.76. The van der Waals surface area contributed by atoms with Crippen molar-refractivity contribution < 1.29 is 9.53 Å². The number of halogens is 1. The fourth-order valence-corrected chi connectivity index (χ4v) is 2.42. The van der Waals surface area contributed by atoms with Gasteiger partial charge in [-0.15, -0.1) is 0 Å². The largest absolute Gasteiger partial charge is 0.481 e. The monoisotopic (exact) mass is 356 g/mol. The van der Waals surface area contributed by atoms with Crippen molar-refractivity contribution in [3.05, 3.63) is 28.2 Å². The molecule has 118 valence electrons. The van der Waals surface area contributed by atoms with E-state index in [1.165, 1.54) is 0 Å². The summed E-state index contributed by atoms with van der Waals surface area (Å²) in [5, 5.41) is 2.99. The Balaban J connectivity index is 2.78. The van der Waals surface area contributed by atoms with Gasteiger partial charge in [-0.3, -0.25) is 4.79 Å². The van der Waals surface area contributed by atoms with Gasteiger partial charge in [0.25, 0.3) is 5.91 Å². The van der Waals surface area contributed by atoms with Crippen molar-refractivity contribution in [2.45, 2.75) is 58.7 Å². The lowest BCUT2D eigenvalue weighted by Gasteiger charge is -2.21. The molecular weight excluding hydrogens is 332 g/mol. The average Bonchev–Trinajstić information content (AvgIpc) is 2.45. The minimum atomic E-state index is -0.552. The minimum Gasteiger partial charge on any atom is -0.481 e. The molecule has 0 radical (unpaired) electrons. The highest BCUT2D eigenvalue weighted by Crippen LogP contribution is 2.28. The number of hydrogen-bond acceptors (Lipinski definition) is 3. The van der Waals surface area contributed by atoms with Crippen molar-refractivity contribution in [3.8, 4) is 5.75 Å². The lowest BCUT2D eigenvalue weighted by Crippen LogP contribution is -2.42. The third kappa shape index (κ3) is 5.32. The summed E-state index contributed by atoms with van der Waals surface area (Å²) < 4.78 is 6.74. The van der Waals surface area contributed by atoms with Gasteiger partial charge in [0.1, 0.15) is 5.75 Å². The first-order valence-electron chi connectivity index (χ1n) is 7.41. The second kappa shape index (κ2) is 8.39. The first kappa shape index (κ1) is 18.0. The molecule has 0 aliphatic rings. The lowest BCUT2D eigenvalue weighted by molar-refractivity contribution is -0.128. The molecule has 1 unspecified atom stereocenters. The predicted molar refractivity (Wildman–Crippen MR) is 89.3 cm³/mol. The van der Waals surface area contributed by atoms with Crippen LogP contribution in [0.2, 0.25) is 0 Å². The Labute approximate surface area is 135 Å². The molecule has 0 saturated carbocycles. The smallest absolute Gasteiger partial charge is 0.260 e. The van der Waals surface area contributed by atoms with Crippen molar-refractivity contribution in [2.75, 3.05) is 0 Å². The number of carbonyl (C=O) groups is 1. The number of carbonyl (C=O) groups excluding carboxylic acids is 1. The van der Waals surface area contributed by atoms with E-state index in [0.717, 1.165) is 22.9 Å². The summed E-state index contributed by atoms with van der Waals surface area (Å²) in [6, 6.07) is 5.68. The molecule has 1 aromatic carbocycles. The maximum atomic E-state index is 12.1. The van der Waals surface area contributed by atoms with Crippen molar-refractivity contribution in [1.82, 2.24) is 5.32 Å². The molecule has 1 rings (SSSR count). The highest BCUT2D eigenvalue weighted by Gasteiger charge is 2.19. The van der Waals surface area contributed by atoms with Crippen LogP contribution in [0.15, 0.2) is 22.7 Å². The zero-order valence-electron chi connectivity index (χ0n) is 13.2. The van der Waals surface area contributed by atoms with Crippen molar-refractivity contribution in [1.29, 1.82) is 0 Å². The van der Waals surface area contributed by atoms with E-state index >= 15 is 0 Å². The Morgan fingerprint density at radius 3 is 2.48 bits per heavy atom. The molecule has 5 heteroatoms. The summed E-state index contributed by atoms with van der Waals surface area (Å²) in [5.41, 5.74) is 6.84. The number of nitrogens with two attached hydrogens (primary N) is 1. The Kier molecular flexibility index (Phi) is 7.18. The first-order chi connectivity index (χ1) is 9.88. The van der Waals surface area contributed by atoms with Crippen LogP contribution in [-0.4, -0.2) is 18.1 Å². The van der Waals surface area contributed by atoms with E-state index in [1.54, 1.807) is 6.92 Å². The van der Waals surface area contributed by atoms with E-state index in [0.29, 0.717) is 5.75 Å². The van der Waals surface area contributed by atoms with Gasteiger partial charge in [-0.1, -0.05) is 29.8 Å². The molecule has 0 saturated heterocycles. The SMILES string of the molecule is CCC(CC)NC(=O)C(C)Oc1ccc(Br)cc1[C@H](C)N. The van der Waals surface area contributed by atoms with Gasteiger partial charge < -0.3 is 15.8 Å². The molecule has 0 aromatic heterocycles. The molecule has 21 heavy (non-hydrogen) atoms. The second-order valence-corrected chi connectivity index (χ2v) is 6.17. The highest BCUT2D eigenvalue weighted by molar-refractivity contribution is 9.10. The Hall–Kier alpha value is -1.07. The van der Waals surface area contributed by atoms with E-state index in [1.807, 2.05) is 25.1 Å². The van der Waals surface area contributed by atoms with Gasteiger partial charge in [-0.25, -0.2) is 0 Å². The molecule has 0 bridgehead atoms. The highest BCUT2D eigenvalue weighted by atomic mass is 79.9. The number of hydrogen-bond donors (Lipinski definition) is 2. The lowest BCUT2D eigenvalue weighted by atomic mass is 10.1. The van der Waals surface area contributed by atoms with Crippen LogP contribution in [0, 0.1) is 0 Å². The third-order valence-electron chi connectivity index (χ3n) is 3.47. The van der Waals surface area contributed by atoms with Gasteiger partial charge >= 0.3 is 0 Å². The Bertz CT molecular complexity index is 473. The van der Waals surface area contributed by atoms with Gasteiger partial charge in [-0.05, 0) is 44.9 Å². The van der Waals surface area contributed by atoms with Crippen LogP contribution >= 0.6 is 15.9 Å². The normalized spacial score (nSPS) is 13.9. The maximum Gasteiger partial charge on any atom is 0.260 e. The molecule has 0 fully saturated rings. The predicted octanol–water partition coefficient (Wildman–Crippen LogP) is 3.54. The van der Waals surface area contributed by atoms with Crippen LogP contribution in [-0.2, 0) is 4.79 Å². The van der Waals surface area contributed by atoms with Gasteiger partial charge in [0.05, 0.1) is 0 Å². The maximum absolute atomic E-state index is 12.1. The topological polar surface area (TPSA) is 64.3 Å². The van der Waals surface area contributed by atoms with Crippen LogP contribution in [0.5, 0.6) is 5.75 Å². The minimum absolute atomic E-state index is 0.0951. The number of ether oxygens (including phenoxy) is 1. The van der Waals surface area contributed by atoms with Gasteiger partial charge in [-0.2, -0.15) is 0 Å². The number of amides is 1. The average molecular weight is 357 g/mol. The zero-order chi connectivity index (χ0) is 16.0. The number of benzene rings is 1. The van der Waals surface area contributed by atoms with E-state index in [-0.39, 0.29) is 18.0 Å². The van der Waals surface area contributed by atoms with Crippen molar-refractivity contribution >= 4 is 21.8 Å². The molecule has 1 amide bonds. The summed E-state index contributed by atoms with van der Waals surface area (Å²) in [7, 11) is 0. The molecule has 4 nitrogen and oxygen atoms in total. The summed E-state index contributed by atoms with van der Waals surface area (Å²) in [6.07, 6.45) is 1.28. The molecule has 0 aliphatic carbocycles. The van der Waals surface area contributed by atoms with Crippen molar-refractivity contribution in [3.63, 3.8) is 0 Å². The quantitative estimate of drug-likeness (QED) is 0.785. The summed E-state index contributed by atoms with van der Waals surface area (Å²) in [4.78, 5) is 12.1. The van der Waals surface area contributed by atoms with Gasteiger partial charge in [0.15, 0.2) is 6.10 Å². The standard InChI is InChI=1S/C16H25BrN2O2/c1-5-13(6-2)19-16(20)11(4)21-15-8-7-12(17)9-14(15)10(3)18/h7-11,13H,5-6,18H2,1-4H3,(H,19,20)/t10-,11?/m0/s1. The van der Waals surface area contributed by atoms with Crippen LogP contribution in [0.3, 0.4) is 0 Å². The first-order valence-corrected chi connectivity index (χ1v) is 8.20. The molecule has 0 aliphatic heterocycles. The van der Waals surface area contributed by atoms with E-state index in [2.05, 4.69) is 35.1 Å². The van der Waals surface area contributed by atoms with E-state index < -0.39 is 6.10 Å². The van der Waals surface area contributed by atoms with Gasteiger partial charge in [0, 0.05) is 22.1 Å². The number of nitrogens with one attached hydrogen (secondary N) is 1. The summed E-state index contributed by atoms with van der Waals surface area (Å²) >= 11 is 3.42. The van der Waals surface area contributed by atoms with Crippen LogP contribution in [0.1, 0.15) is 52.1 Å². The van der Waals surface area contributed by atoms with Gasteiger partial charge in [0.2, 0.25) is 0 Å². The molecule has 0 spiro atoms. The fourth-order valence-electron chi connectivity index (χ4n) is 2.04. The van der Waals surface area contributed by atoms with Crippen LogP contribution < -0.4 is 15.8 Å². The molecule has 1 aromatic rings.